The first kappa shape index (κ1) is 10.2. The van der Waals surface area contributed by atoms with E-state index in [9.17, 15) is 17.6 Å². The molecule has 0 unspecified atom stereocenters. The molecule has 1 aliphatic carbocycles. The van der Waals surface area contributed by atoms with Crippen LogP contribution in [0.25, 0.3) is 0 Å². The summed E-state index contributed by atoms with van der Waals surface area (Å²) in [5.41, 5.74) is 0. The Hall–Kier alpha value is 0.160. The molecule has 0 nitrogen and oxygen atoms in total. The van der Waals surface area contributed by atoms with E-state index in [1.807, 2.05) is 0 Å². The molecule has 0 radical (unpaired) electrons. The third kappa shape index (κ3) is 1.74. The molecule has 1 rings (SSSR count). The zero-order valence-corrected chi connectivity index (χ0v) is 8.59. The lowest BCUT2D eigenvalue weighted by Gasteiger charge is -2.22. The predicted octanol–water partition coefficient (Wildman–Crippen LogP) is 3.83. The van der Waals surface area contributed by atoms with Gasteiger partial charge in [0.05, 0.1) is 8.96 Å². The van der Waals surface area contributed by atoms with Gasteiger partial charge in [-0.05, 0) is 31.9 Å². The summed E-state index contributed by atoms with van der Waals surface area (Å²) in [5.74, 6) is -6.69. The van der Waals surface area contributed by atoms with Crippen molar-refractivity contribution in [3.63, 3.8) is 0 Å². The molecule has 0 fully saturated rings. The highest BCUT2D eigenvalue weighted by Crippen LogP contribution is 2.45. The third-order valence-corrected chi connectivity index (χ3v) is 2.69. The topological polar surface area (TPSA) is 0 Å². The number of hydrogen-bond acceptors (Lipinski definition) is 0. The van der Waals surface area contributed by atoms with Crippen LogP contribution >= 0.6 is 31.9 Å². The molecule has 0 aliphatic heterocycles. The summed E-state index contributed by atoms with van der Waals surface area (Å²) >= 11 is 4.77. The Bertz CT molecular complexity index is 243. The van der Waals surface area contributed by atoms with Crippen LogP contribution in [0, 0.1) is 0 Å². The molecule has 0 aromatic carbocycles. The second-order valence-electron chi connectivity index (χ2n) is 2.23. The summed E-state index contributed by atoms with van der Waals surface area (Å²) in [6, 6.07) is 0. The Kier molecular flexibility index (Phi) is 2.42. The Morgan fingerprint density at radius 2 is 1.25 bits per heavy atom. The van der Waals surface area contributed by atoms with Crippen LogP contribution in [-0.2, 0) is 0 Å². The predicted molar refractivity (Wildman–Crippen MR) is 43.9 cm³/mol. The van der Waals surface area contributed by atoms with Crippen molar-refractivity contribution in [1.82, 2.24) is 0 Å². The van der Waals surface area contributed by atoms with Crippen molar-refractivity contribution in [2.24, 2.45) is 0 Å². The zero-order chi connectivity index (χ0) is 9.57. The van der Waals surface area contributed by atoms with Gasteiger partial charge in [0.2, 0.25) is 0 Å². The van der Waals surface area contributed by atoms with Gasteiger partial charge < -0.3 is 0 Å². The molecule has 12 heavy (non-hydrogen) atoms. The first-order valence-electron chi connectivity index (χ1n) is 2.79. The van der Waals surface area contributed by atoms with E-state index in [-0.39, 0.29) is 12.2 Å². The third-order valence-electron chi connectivity index (χ3n) is 1.24. The van der Waals surface area contributed by atoms with Crippen LogP contribution in [0.4, 0.5) is 17.6 Å². The van der Waals surface area contributed by atoms with E-state index in [1.54, 1.807) is 0 Å². The molecule has 0 saturated carbocycles. The van der Waals surface area contributed by atoms with E-state index in [0.717, 1.165) is 0 Å². The molecule has 0 spiro atoms. The molecule has 0 atom stereocenters. The van der Waals surface area contributed by atoms with Crippen LogP contribution in [0.2, 0.25) is 0 Å². The lowest BCUT2D eigenvalue weighted by atomic mass is 10.1. The van der Waals surface area contributed by atoms with E-state index in [1.165, 1.54) is 0 Å². The van der Waals surface area contributed by atoms with Gasteiger partial charge in [0.1, 0.15) is 0 Å². The molecule has 68 valence electrons. The van der Waals surface area contributed by atoms with Crippen LogP contribution in [0.1, 0.15) is 0 Å². The average Bonchev–Trinajstić information content (AvgIpc) is 1.82. The maximum absolute atomic E-state index is 12.8. The fraction of sp³-hybridized carbons (Fsp3) is 0.333. The minimum atomic E-state index is -3.37. The monoisotopic (exact) mass is 308 g/mol. The first-order chi connectivity index (χ1) is 5.26. The van der Waals surface area contributed by atoms with E-state index in [4.69, 9.17) is 0 Å². The van der Waals surface area contributed by atoms with Crippen molar-refractivity contribution in [3.05, 3.63) is 21.1 Å². The van der Waals surface area contributed by atoms with Crippen molar-refractivity contribution in [2.75, 3.05) is 0 Å². The molecule has 0 N–H and O–H groups in total. The number of alkyl halides is 4. The van der Waals surface area contributed by atoms with Gasteiger partial charge in [0.25, 0.3) is 5.92 Å². The largest absolute Gasteiger partial charge is 0.310 e. The molecule has 0 saturated heterocycles. The minimum Gasteiger partial charge on any atom is -0.197 e. The average molecular weight is 310 g/mol. The van der Waals surface area contributed by atoms with E-state index >= 15 is 0 Å². The van der Waals surface area contributed by atoms with E-state index in [2.05, 4.69) is 31.9 Å². The van der Waals surface area contributed by atoms with Gasteiger partial charge in [0, 0.05) is 12.2 Å². The highest BCUT2D eigenvalue weighted by Gasteiger charge is 2.44. The van der Waals surface area contributed by atoms with E-state index in [0.29, 0.717) is 0 Å². The quantitative estimate of drug-likeness (QED) is 0.597. The van der Waals surface area contributed by atoms with E-state index < -0.39 is 20.8 Å². The van der Waals surface area contributed by atoms with Crippen molar-refractivity contribution in [3.8, 4) is 0 Å². The van der Waals surface area contributed by atoms with Crippen LogP contribution in [-0.4, -0.2) is 11.8 Å². The fourth-order valence-electron chi connectivity index (χ4n) is 0.675. The van der Waals surface area contributed by atoms with Gasteiger partial charge >= 0.3 is 5.92 Å². The first-order valence-corrected chi connectivity index (χ1v) is 4.37. The maximum Gasteiger partial charge on any atom is 0.310 e. The smallest absolute Gasteiger partial charge is 0.197 e. The summed E-state index contributed by atoms with van der Waals surface area (Å²) in [4.78, 5) is 0. The van der Waals surface area contributed by atoms with Gasteiger partial charge in [-0.25, -0.2) is 0 Å². The fourth-order valence-corrected chi connectivity index (χ4v) is 1.98. The standard InChI is InChI=1S/C6H2Br2F4/c7-3-1-5(9,10)2-4(8)6(3,11)12/h1-2H. The molecule has 0 aromatic rings. The molecule has 6 heteroatoms. The Morgan fingerprint density at radius 3 is 1.58 bits per heavy atom. The van der Waals surface area contributed by atoms with Crippen LogP contribution < -0.4 is 0 Å². The Labute approximate surface area is 82.6 Å². The van der Waals surface area contributed by atoms with Crippen LogP contribution in [0.5, 0.6) is 0 Å². The van der Waals surface area contributed by atoms with Gasteiger partial charge in [-0.15, -0.1) is 0 Å². The molecular formula is C6H2Br2F4. The summed E-state index contributed by atoms with van der Waals surface area (Å²) in [7, 11) is 0. The number of allylic oxidation sites excluding steroid dienone is 4. The highest BCUT2D eigenvalue weighted by atomic mass is 79.9. The summed E-state index contributed by atoms with van der Waals surface area (Å²) < 4.78 is 48.9. The zero-order valence-electron chi connectivity index (χ0n) is 5.42. The highest BCUT2D eigenvalue weighted by molar-refractivity contribution is 9.12. The van der Waals surface area contributed by atoms with Crippen molar-refractivity contribution in [1.29, 1.82) is 0 Å². The van der Waals surface area contributed by atoms with Crippen molar-refractivity contribution in [2.45, 2.75) is 11.8 Å². The normalized spacial score (nSPS) is 26.2. The summed E-state index contributed by atoms with van der Waals surface area (Å²) in [6.45, 7) is 0. The second kappa shape index (κ2) is 2.83. The Morgan fingerprint density at radius 1 is 0.917 bits per heavy atom. The molecular weight excluding hydrogens is 308 g/mol. The van der Waals surface area contributed by atoms with Gasteiger partial charge in [-0.2, -0.15) is 17.6 Å². The van der Waals surface area contributed by atoms with Gasteiger partial charge in [-0.1, -0.05) is 0 Å². The van der Waals surface area contributed by atoms with Gasteiger partial charge in [0.15, 0.2) is 0 Å². The number of halogens is 6. The Balaban J connectivity index is 3.14. The lowest BCUT2D eigenvalue weighted by molar-refractivity contribution is 0.0667. The number of rotatable bonds is 0. The SMILES string of the molecule is FC1(F)C=C(Br)C(F)(F)C(Br)=C1. The molecule has 0 bridgehead atoms. The maximum atomic E-state index is 12.8. The van der Waals surface area contributed by atoms with Crippen LogP contribution in [0.15, 0.2) is 21.1 Å². The molecule has 1 aliphatic rings. The molecule has 0 aromatic heterocycles. The molecule has 0 amide bonds. The van der Waals surface area contributed by atoms with Crippen LogP contribution in [0.3, 0.4) is 0 Å². The van der Waals surface area contributed by atoms with Crippen molar-refractivity contribution < 1.29 is 17.6 Å². The van der Waals surface area contributed by atoms with Crippen molar-refractivity contribution >= 4 is 31.9 Å². The summed E-state index contributed by atoms with van der Waals surface area (Å²) in [5, 5.41) is 0. The number of hydrogen-bond donors (Lipinski definition) is 0. The summed E-state index contributed by atoms with van der Waals surface area (Å²) in [6.07, 6.45) is 0.357. The second-order valence-corrected chi connectivity index (χ2v) is 3.94. The van der Waals surface area contributed by atoms with Gasteiger partial charge in [-0.3, -0.25) is 0 Å². The minimum absolute atomic E-state index is 0.178. The molecule has 0 heterocycles. The lowest BCUT2D eigenvalue weighted by Crippen LogP contribution is -2.26.